The third-order valence-electron chi connectivity index (χ3n) is 3.81. The van der Waals surface area contributed by atoms with Crippen molar-refractivity contribution in [1.29, 1.82) is 0 Å². The Morgan fingerprint density at radius 2 is 1.88 bits per heavy atom. The Morgan fingerprint density at radius 1 is 1.12 bits per heavy atom. The monoisotopic (exact) mass is 380 g/mol. The van der Waals surface area contributed by atoms with Crippen molar-refractivity contribution in [3.63, 3.8) is 0 Å². The number of sulfonamides is 1. The molecule has 0 atom stereocenters. The summed E-state index contributed by atoms with van der Waals surface area (Å²) in [7, 11) is -3.54. The topological polar surface area (TPSA) is 106 Å². The van der Waals surface area contributed by atoms with E-state index in [1.54, 1.807) is 6.07 Å². The number of nitrogens with zero attached hydrogens (tertiary/aromatic N) is 4. The molecule has 1 aliphatic rings. The van der Waals surface area contributed by atoms with Crippen LogP contribution in [-0.2, 0) is 10.0 Å². The van der Waals surface area contributed by atoms with Crippen LogP contribution in [-0.4, -0.2) is 40.7 Å². The Balaban J connectivity index is 1.80. The largest absolute Gasteiger partial charge is 0.301 e. The van der Waals surface area contributed by atoms with Crippen molar-refractivity contribution in [1.82, 2.24) is 14.3 Å². The first-order valence-corrected chi connectivity index (χ1v) is 9.97. The van der Waals surface area contributed by atoms with Crippen molar-refractivity contribution < 1.29 is 13.3 Å². The minimum absolute atomic E-state index is 0.112. The average Bonchev–Trinajstić information content (AvgIpc) is 2.63. The summed E-state index contributed by atoms with van der Waals surface area (Å²) >= 11 is 1.03. The number of hydrogen-bond donors (Lipinski definition) is 0. The average molecular weight is 380 g/mol. The maximum atomic E-state index is 12.6. The molecule has 1 saturated heterocycles. The summed E-state index contributed by atoms with van der Waals surface area (Å²) in [4.78, 5) is 18.8. The van der Waals surface area contributed by atoms with E-state index in [1.807, 2.05) is 0 Å². The summed E-state index contributed by atoms with van der Waals surface area (Å²) in [5, 5.41) is 11.7. The molecule has 0 aromatic carbocycles. The zero-order valence-corrected chi connectivity index (χ0v) is 14.9. The zero-order valence-electron chi connectivity index (χ0n) is 13.2. The van der Waals surface area contributed by atoms with Gasteiger partial charge in [0.2, 0.25) is 10.0 Å². The van der Waals surface area contributed by atoms with Crippen molar-refractivity contribution in [2.75, 3.05) is 13.1 Å². The molecule has 2 aromatic heterocycles. The van der Waals surface area contributed by atoms with Crippen LogP contribution in [0, 0.1) is 10.1 Å². The third-order valence-corrected chi connectivity index (χ3v) is 6.65. The molecular formula is C15H16N4O4S2. The second kappa shape index (κ2) is 7.46. The smallest absolute Gasteiger partial charge is 0.258 e. The Kier molecular flexibility index (Phi) is 5.30. The lowest BCUT2D eigenvalue weighted by Crippen LogP contribution is -2.35. The van der Waals surface area contributed by atoms with Gasteiger partial charge in [0, 0.05) is 31.5 Å². The summed E-state index contributed by atoms with van der Waals surface area (Å²) in [6.45, 7) is 1.05. The highest BCUT2D eigenvalue weighted by molar-refractivity contribution is 7.99. The predicted molar refractivity (Wildman–Crippen MR) is 91.9 cm³/mol. The van der Waals surface area contributed by atoms with E-state index in [2.05, 4.69) is 9.97 Å². The van der Waals surface area contributed by atoms with E-state index in [0.29, 0.717) is 18.1 Å². The fourth-order valence-electron chi connectivity index (χ4n) is 2.53. The van der Waals surface area contributed by atoms with E-state index in [0.717, 1.165) is 31.0 Å². The van der Waals surface area contributed by atoms with Gasteiger partial charge in [-0.1, -0.05) is 6.42 Å². The van der Waals surface area contributed by atoms with Gasteiger partial charge in [0.1, 0.15) is 9.92 Å². The first kappa shape index (κ1) is 17.8. The molecule has 3 heterocycles. The normalized spacial score (nSPS) is 15.8. The second-order valence-electron chi connectivity index (χ2n) is 5.48. The molecule has 1 aliphatic heterocycles. The van der Waals surface area contributed by atoms with Gasteiger partial charge in [-0.3, -0.25) is 10.1 Å². The van der Waals surface area contributed by atoms with Gasteiger partial charge < -0.3 is 0 Å². The molecule has 10 heteroatoms. The number of hydrogen-bond acceptors (Lipinski definition) is 7. The molecule has 0 radical (unpaired) electrons. The number of pyridine rings is 2. The van der Waals surface area contributed by atoms with Gasteiger partial charge >= 0.3 is 5.69 Å². The highest BCUT2D eigenvalue weighted by atomic mass is 32.2. The van der Waals surface area contributed by atoms with Gasteiger partial charge in [0.25, 0.3) is 0 Å². The maximum absolute atomic E-state index is 12.6. The molecule has 1 fully saturated rings. The second-order valence-corrected chi connectivity index (χ2v) is 8.43. The SMILES string of the molecule is O=[N+]([O-])c1cccnc1Sc1ccc(S(=O)(=O)N2CCCCC2)cn1. The van der Waals surface area contributed by atoms with Crippen LogP contribution in [0.25, 0.3) is 0 Å². The maximum Gasteiger partial charge on any atom is 0.301 e. The molecule has 0 N–H and O–H groups in total. The summed E-state index contributed by atoms with van der Waals surface area (Å²) in [5.41, 5.74) is -0.112. The highest BCUT2D eigenvalue weighted by Crippen LogP contribution is 2.32. The van der Waals surface area contributed by atoms with Crippen LogP contribution in [0.1, 0.15) is 19.3 Å². The summed E-state index contributed by atoms with van der Waals surface area (Å²) in [6.07, 6.45) is 5.53. The molecular weight excluding hydrogens is 364 g/mol. The molecule has 0 bridgehead atoms. The van der Waals surface area contributed by atoms with Crippen LogP contribution in [0.3, 0.4) is 0 Å². The van der Waals surface area contributed by atoms with Crippen molar-refractivity contribution in [2.24, 2.45) is 0 Å². The summed E-state index contributed by atoms with van der Waals surface area (Å²) < 4.78 is 26.6. The van der Waals surface area contributed by atoms with E-state index in [9.17, 15) is 18.5 Å². The number of rotatable bonds is 5. The lowest BCUT2D eigenvalue weighted by Gasteiger charge is -2.25. The molecule has 0 saturated carbocycles. The number of nitro groups is 1. The fraction of sp³-hybridized carbons (Fsp3) is 0.333. The van der Waals surface area contributed by atoms with E-state index in [-0.39, 0.29) is 15.6 Å². The Labute approximate surface area is 149 Å². The molecule has 0 amide bonds. The number of aromatic nitrogens is 2. The summed E-state index contributed by atoms with van der Waals surface area (Å²) in [6, 6.07) is 5.88. The van der Waals surface area contributed by atoms with Crippen molar-refractivity contribution >= 4 is 27.5 Å². The minimum atomic E-state index is -3.54. The van der Waals surface area contributed by atoms with Gasteiger partial charge in [-0.2, -0.15) is 4.31 Å². The van der Waals surface area contributed by atoms with Crippen LogP contribution in [0.5, 0.6) is 0 Å². The summed E-state index contributed by atoms with van der Waals surface area (Å²) in [5.74, 6) is 0. The van der Waals surface area contributed by atoms with Gasteiger partial charge in [-0.05, 0) is 42.8 Å². The predicted octanol–water partition coefficient (Wildman–Crippen LogP) is 2.71. The lowest BCUT2D eigenvalue weighted by molar-refractivity contribution is -0.388. The van der Waals surface area contributed by atoms with Crippen molar-refractivity contribution in [3.05, 3.63) is 46.8 Å². The Bertz CT molecular complexity index is 865. The van der Waals surface area contributed by atoms with E-state index < -0.39 is 14.9 Å². The van der Waals surface area contributed by atoms with E-state index in [1.165, 1.54) is 34.9 Å². The van der Waals surface area contributed by atoms with Gasteiger partial charge in [-0.25, -0.2) is 18.4 Å². The quantitative estimate of drug-likeness (QED) is 0.580. The Hall–Kier alpha value is -2.04. The third kappa shape index (κ3) is 3.97. The van der Waals surface area contributed by atoms with E-state index in [4.69, 9.17) is 0 Å². The standard InChI is InChI=1S/C15H16N4O4S2/c20-19(21)13-5-4-8-16-15(13)24-14-7-6-12(11-17-14)25(22,23)18-9-2-1-3-10-18/h4-8,11H,1-3,9-10H2. The molecule has 132 valence electrons. The first-order valence-electron chi connectivity index (χ1n) is 7.72. The van der Waals surface area contributed by atoms with Crippen LogP contribution >= 0.6 is 11.8 Å². The lowest BCUT2D eigenvalue weighted by atomic mass is 10.2. The molecule has 8 nitrogen and oxygen atoms in total. The zero-order chi connectivity index (χ0) is 17.9. The van der Waals surface area contributed by atoms with Crippen LogP contribution in [0.2, 0.25) is 0 Å². The Morgan fingerprint density at radius 3 is 2.52 bits per heavy atom. The minimum Gasteiger partial charge on any atom is -0.258 e. The van der Waals surface area contributed by atoms with Crippen LogP contribution in [0.15, 0.2) is 51.6 Å². The van der Waals surface area contributed by atoms with Gasteiger partial charge in [0.15, 0.2) is 5.03 Å². The molecule has 25 heavy (non-hydrogen) atoms. The molecule has 0 aliphatic carbocycles. The fourth-order valence-corrected chi connectivity index (χ4v) is 4.80. The molecule has 2 aromatic rings. The number of piperidine rings is 1. The molecule has 3 rings (SSSR count). The first-order chi connectivity index (χ1) is 12.0. The van der Waals surface area contributed by atoms with Crippen LogP contribution in [0.4, 0.5) is 5.69 Å². The highest BCUT2D eigenvalue weighted by Gasteiger charge is 2.26. The van der Waals surface area contributed by atoms with Gasteiger partial charge in [-0.15, -0.1) is 0 Å². The molecule has 0 spiro atoms. The van der Waals surface area contributed by atoms with E-state index >= 15 is 0 Å². The van der Waals surface area contributed by atoms with Crippen molar-refractivity contribution in [2.45, 2.75) is 34.2 Å². The van der Waals surface area contributed by atoms with Crippen molar-refractivity contribution in [3.8, 4) is 0 Å². The van der Waals surface area contributed by atoms with Gasteiger partial charge in [0.05, 0.1) is 4.92 Å². The molecule has 0 unspecified atom stereocenters. The van der Waals surface area contributed by atoms with Crippen LogP contribution < -0.4 is 0 Å².